The molecule has 14 heavy (non-hydrogen) atoms. The Kier molecular flexibility index (Phi) is 1.61. The highest BCUT2D eigenvalue weighted by molar-refractivity contribution is 7.16. The number of nitrogens with one attached hydrogen (secondary N) is 1. The Labute approximate surface area is 85.2 Å². The van der Waals surface area contributed by atoms with Crippen LogP contribution in [0.15, 0.2) is 12.4 Å². The summed E-state index contributed by atoms with van der Waals surface area (Å²) in [4.78, 5) is 5.67. The highest BCUT2D eigenvalue weighted by atomic mass is 32.1. The van der Waals surface area contributed by atoms with Crippen molar-refractivity contribution in [2.24, 2.45) is 0 Å². The van der Waals surface area contributed by atoms with E-state index in [0.717, 1.165) is 11.3 Å². The fraction of sp³-hybridized carbons (Fsp3) is 0.333. The quantitative estimate of drug-likeness (QED) is 0.789. The molecule has 4 nitrogen and oxygen atoms in total. The average Bonchev–Trinajstić information content (AvgIpc) is 2.74. The predicted octanol–water partition coefficient (Wildman–Crippen LogP) is 1.99. The van der Waals surface area contributed by atoms with Crippen molar-refractivity contribution >= 4 is 16.5 Å². The second-order valence-electron chi connectivity index (χ2n) is 3.53. The van der Waals surface area contributed by atoms with Crippen molar-refractivity contribution in [1.82, 2.24) is 15.2 Å². The zero-order chi connectivity index (χ0) is 9.54. The Balaban J connectivity index is 2.11. The molecule has 72 valence electrons. The lowest BCUT2D eigenvalue weighted by Crippen LogP contribution is -1.83. The largest absolute Gasteiger partial charge is 0.375 e. The van der Waals surface area contributed by atoms with Gasteiger partial charge in [0.25, 0.3) is 0 Å². The summed E-state index contributed by atoms with van der Waals surface area (Å²) in [5, 5.41) is 7.38. The van der Waals surface area contributed by atoms with Crippen molar-refractivity contribution in [3.8, 4) is 11.3 Å². The van der Waals surface area contributed by atoms with E-state index in [1.807, 2.05) is 6.20 Å². The number of thiazole rings is 1. The first-order chi connectivity index (χ1) is 6.84. The lowest BCUT2D eigenvalue weighted by atomic mass is 10.2. The van der Waals surface area contributed by atoms with E-state index < -0.39 is 0 Å². The summed E-state index contributed by atoms with van der Waals surface area (Å²) in [6.45, 7) is 0. The second-order valence-corrected chi connectivity index (χ2v) is 4.59. The number of aromatic nitrogens is 3. The van der Waals surface area contributed by atoms with Crippen LogP contribution in [0.5, 0.6) is 0 Å². The summed E-state index contributed by atoms with van der Waals surface area (Å²) >= 11 is 1.61. The van der Waals surface area contributed by atoms with Gasteiger partial charge in [0.1, 0.15) is 0 Å². The van der Waals surface area contributed by atoms with E-state index in [1.165, 1.54) is 17.7 Å². The van der Waals surface area contributed by atoms with Gasteiger partial charge >= 0.3 is 0 Å². The highest BCUT2D eigenvalue weighted by Gasteiger charge is 2.29. The summed E-state index contributed by atoms with van der Waals surface area (Å²) in [6, 6.07) is 0. The molecular weight excluding hydrogens is 196 g/mol. The topological polar surface area (TPSA) is 67.6 Å². The van der Waals surface area contributed by atoms with Crippen molar-refractivity contribution in [1.29, 1.82) is 0 Å². The number of rotatable bonds is 2. The first-order valence-corrected chi connectivity index (χ1v) is 5.41. The molecule has 1 saturated carbocycles. The van der Waals surface area contributed by atoms with Gasteiger partial charge < -0.3 is 5.73 Å². The monoisotopic (exact) mass is 206 g/mol. The Hall–Kier alpha value is -1.36. The summed E-state index contributed by atoms with van der Waals surface area (Å²) in [5.41, 5.74) is 7.79. The van der Waals surface area contributed by atoms with Gasteiger partial charge in [0.05, 0.1) is 11.9 Å². The number of hydrogen-bond acceptors (Lipinski definition) is 4. The maximum atomic E-state index is 5.73. The summed E-state index contributed by atoms with van der Waals surface area (Å²) in [7, 11) is 0. The van der Waals surface area contributed by atoms with Crippen molar-refractivity contribution in [3.63, 3.8) is 0 Å². The SMILES string of the molecule is Nc1nc(-c2cn[nH]c2)c(C2CC2)s1. The van der Waals surface area contributed by atoms with E-state index in [0.29, 0.717) is 11.0 Å². The van der Waals surface area contributed by atoms with E-state index in [9.17, 15) is 0 Å². The van der Waals surface area contributed by atoms with E-state index in [-0.39, 0.29) is 0 Å². The van der Waals surface area contributed by atoms with Crippen LogP contribution in [0.1, 0.15) is 23.6 Å². The van der Waals surface area contributed by atoms with Gasteiger partial charge in [-0.3, -0.25) is 5.10 Å². The van der Waals surface area contributed by atoms with Gasteiger partial charge in [0, 0.05) is 16.6 Å². The van der Waals surface area contributed by atoms with Crippen molar-refractivity contribution < 1.29 is 0 Å². The molecule has 0 aliphatic heterocycles. The standard InChI is InChI=1S/C9H10N4S/c10-9-13-7(6-3-11-12-4-6)8(14-9)5-1-2-5/h3-5H,1-2H2,(H2,10,13)(H,11,12). The normalized spacial score (nSPS) is 16.0. The molecule has 0 atom stereocenters. The van der Waals surface area contributed by atoms with Gasteiger partial charge in [-0.1, -0.05) is 0 Å². The van der Waals surface area contributed by atoms with E-state index in [4.69, 9.17) is 5.73 Å². The number of hydrogen-bond donors (Lipinski definition) is 2. The summed E-state index contributed by atoms with van der Waals surface area (Å²) < 4.78 is 0. The van der Waals surface area contributed by atoms with E-state index >= 15 is 0 Å². The van der Waals surface area contributed by atoms with Crippen molar-refractivity contribution in [3.05, 3.63) is 17.3 Å². The smallest absolute Gasteiger partial charge is 0.180 e. The third-order valence-electron chi connectivity index (χ3n) is 2.39. The van der Waals surface area contributed by atoms with Gasteiger partial charge in [-0.15, -0.1) is 11.3 Å². The molecule has 1 fully saturated rings. The number of aromatic amines is 1. The van der Waals surface area contributed by atoms with Gasteiger partial charge in [-0.25, -0.2) is 4.98 Å². The van der Waals surface area contributed by atoms with Crippen LogP contribution in [0.4, 0.5) is 5.13 Å². The Morgan fingerprint density at radius 1 is 1.50 bits per heavy atom. The Morgan fingerprint density at radius 3 is 3.00 bits per heavy atom. The van der Waals surface area contributed by atoms with Crippen LogP contribution in [0.25, 0.3) is 11.3 Å². The zero-order valence-corrected chi connectivity index (χ0v) is 8.34. The molecule has 5 heteroatoms. The second kappa shape index (κ2) is 2.81. The van der Waals surface area contributed by atoms with Crippen LogP contribution in [-0.2, 0) is 0 Å². The van der Waals surface area contributed by atoms with E-state index in [1.54, 1.807) is 17.5 Å². The molecule has 0 bridgehead atoms. The summed E-state index contributed by atoms with van der Waals surface area (Å²) in [6.07, 6.45) is 6.19. The summed E-state index contributed by atoms with van der Waals surface area (Å²) in [5.74, 6) is 0.690. The number of nitrogen functional groups attached to an aromatic ring is 1. The molecule has 3 N–H and O–H groups in total. The van der Waals surface area contributed by atoms with Crippen LogP contribution in [0.2, 0.25) is 0 Å². The molecule has 0 spiro atoms. The highest BCUT2D eigenvalue weighted by Crippen LogP contribution is 2.47. The number of nitrogens with zero attached hydrogens (tertiary/aromatic N) is 2. The van der Waals surface area contributed by atoms with Crippen molar-refractivity contribution in [2.75, 3.05) is 5.73 Å². The van der Waals surface area contributed by atoms with Crippen LogP contribution in [0.3, 0.4) is 0 Å². The number of anilines is 1. The molecule has 0 saturated heterocycles. The molecule has 0 unspecified atom stereocenters. The molecule has 1 aliphatic rings. The van der Waals surface area contributed by atoms with Crippen LogP contribution < -0.4 is 5.73 Å². The molecule has 0 radical (unpaired) electrons. The molecule has 2 heterocycles. The van der Waals surface area contributed by atoms with Crippen molar-refractivity contribution in [2.45, 2.75) is 18.8 Å². The molecule has 2 aromatic rings. The fourth-order valence-corrected chi connectivity index (χ4v) is 2.58. The van der Waals surface area contributed by atoms with Crippen LogP contribution in [0, 0.1) is 0 Å². The molecule has 2 aromatic heterocycles. The maximum absolute atomic E-state index is 5.73. The van der Waals surface area contributed by atoms with Crippen LogP contribution >= 0.6 is 11.3 Å². The Bertz CT molecular complexity index is 441. The molecule has 1 aliphatic carbocycles. The maximum Gasteiger partial charge on any atom is 0.180 e. The third-order valence-corrected chi connectivity index (χ3v) is 3.44. The molecular formula is C9H10N4S. The lowest BCUT2D eigenvalue weighted by Gasteiger charge is -1.94. The molecule has 3 rings (SSSR count). The minimum Gasteiger partial charge on any atom is -0.375 e. The average molecular weight is 206 g/mol. The predicted molar refractivity (Wildman–Crippen MR) is 56.1 cm³/mol. The van der Waals surface area contributed by atoms with Crippen LogP contribution in [-0.4, -0.2) is 15.2 Å². The van der Waals surface area contributed by atoms with E-state index in [2.05, 4.69) is 15.2 Å². The minimum atomic E-state index is 0.656. The van der Waals surface area contributed by atoms with Gasteiger partial charge in [-0.05, 0) is 18.8 Å². The van der Waals surface area contributed by atoms with Gasteiger partial charge in [0.2, 0.25) is 0 Å². The molecule has 0 aromatic carbocycles. The number of nitrogens with two attached hydrogens (primary N) is 1. The zero-order valence-electron chi connectivity index (χ0n) is 7.53. The Morgan fingerprint density at radius 2 is 2.36 bits per heavy atom. The molecule has 0 amide bonds. The number of H-pyrrole nitrogens is 1. The third kappa shape index (κ3) is 1.21. The fourth-order valence-electron chi connectivity index (χ4n) is 1.56. The van der Waals surface area contributed by atoms with Gasteiger partial charge in [-0.2, -0.15) is 5.10 Å². The minimum absolute atomic E-state index is 0.656. The van der Waals surface area contributed by atoms with Gasteiger partial charge in [0.15, 0.2) is 5.13 Å². The first-order valence-electron chi connectivity index (χ1n) is 4.60. The lowest BCUT2D eigenvalue weighted by molar-refractivity contribution is 1.09. The first kappa shape index (κ1) is 7.99.